The number of hydrogen-bond donors (Lipinski definition) is 1. The van der Waals surface area contributed by atoms with Crippen LogP contribution in [-0.4, -0.2) is 41.3 Å². The van der Waals surface area contributed by atoms with Crippen LogP contribution in [0.2, 0.25) is 0 Å². The van der Waals surface area contributed by atoms with Gasteiger partial charge in [-0.15, -0.1) is 0 Å². The molecule has 1 atom stereocenters. The molecule has 1 N–H and O–H groups in total. The molecule has 0 bridgehead atoms. The highest BCUT2D eigenvalue weighted by molar-refractivity contribution is 5.82. The van der Waals surface area contributed by atoms with Crippen LogP contribution in [0.3, 0.4) is 0 Å². The Hall–Kier alpha value is -3.29. The first-order chi connectivity index (χ1) is 17.3. The van der Waals surface area contributed by atoms with Gasteiger partial charge in [-0.25, -0.2) is 4.98 Å². The Morgan fingerprint density at radius 3 is 2.56 bits per heavy atom. The van der Waals surface area contributed by atoms with Crippen molar-refractivity contribution in [3.05, 3.63) is 71.3 Å². The van der Waals surface area contributed by atoms with Gasteiger partial charge in [0, 0.05) is 42.3 Å². The van der Waals surface area contributed by atoms with Crippen molar-refractivity contribution in [2.24, 2.45) is 5.41 Å². The minimum Gasteiger partial charge on any atom is -0.436 e. The number of fused-ring (bicyclic) bond motifs is 1. The third-order valence-electron chi connectivity index (χ3n) is 7.20. The van der Waals surface area contributed by atoms with Crippen LogP contribution in [0.25, 0.3) is 33.7 Å². The first-order valence-electron chi connectivity index (χ1n) is 12.1. The Kier molecular flexibility index (Phi) is 6.53. The highest BCUT2D eigenvalue weighted by atomic mass is 19.3. The van der Waals surface area contributed by atoms with Crippen LogP contribution in [0.15, 0.2) is 59.0 Å². The molecule has 4 aromatic rings. The first kappa shape index (κ1) is 24.4. The summed E-state index contributed by atoms with van der Waals surface area (Å²) >= 11 is 0. The summed E-state index contributed by atoms with van der Waals surface area (Å²) in [5.41, 5.74) is 6.71. The lowest BCUT2D eigenvalue weighted by Crippen LogP contribution is -2.27. The quantitative estimate of drug-likeness (QED) is 0.316. The van der Waals surface area contributed by atoms with Crippen molar-refractivity contribution in [2.45, 2.75) is 40.3 Å². The van der Waals surface area contributed by atoms with E-state index in [9.17, 15) is 13.9 Å². The summed E-state index contributed by atoms with van der Waals surface area (Å²) in [7, 11) is 0. The van der Waals surface area contributed by atoms with Gasteiger partial charge in [-0.3, -0.25) is 4.90 Å². The van der Waals surface area contributed by atoms with E-state index in [1.54, 1.807) is 6.07 Å². The molecule has 0 aliphatic carbocycles. The lowest BCUT2D eigenvalue weighted by molar-refractivity contribution is -0.0507. The lowest BCUT2D eigenvalue weighted by atomic mass is 9.91. The fourth-order valence-corrected chi connectivity index (χ4v) is 5.11. The summed E-state index contributed by atoms with van der Waals surface area (Å²) in [6, 6.07) is 17.5. The van der Waals surface area contributed by atoms with Gasteiger partial charge in [-0.05, 0) is 61.2 Å². The van der Waals surface area contributed by atoms with Crippen LogP contribution in [0.4, 0.5) is 8.78 Å². The number of oxazole rings is 1. The number of aryl methyl sites for hydroxylation is 1. The molecule has 0 saturated carbocycles. The molecule has 5 rings (SSSR count). The second-order valence-corrected chi connectivity index (χ2v) is 10.0. The number of ether oxygens (including phenoxy) is 1. The Balaban J connectivity index is 1.53. The van der Waals surface area contributed by atoms with E-state index < -0.39 is 6.61 Å². The van der Waals surface area contributed by atoms with E-state index in [0.29, 0.717) is 35.6 Å². The van der Waals surface area contributed by atoms with E-state index in [1.165, 1.54) is 11.6 Å². The van der Waals surface area contributed by atoms with Crippen LogP contribution >= 0.6 is 0 Å². The maximum Gasteiger partial charge on any atom is 0.387 e. The van der Waals surface area contributed by atoms with Gasteiger partial charge in [-0.1, -0.05) is 43.3 Å². The number of aliphatic hydroxyl groups is 1. The van der Waals surface area contributed by atoms with E-state index >= 15 is 0 Å². The summed E-state index contributed by atoms with van der Waals surface area (Å²) < 4.78 is 37.4. The van der Waals surface area contributed by atoms with E-state index in [2.05, 4.69) is 30.0 Å². The van der Waals surface area contributed by atoms with Crippen molar-refractivity contribution in [1.29, 1.82) is 0 Å². The number of hydrogen-bond acceptors (Lipinski definition) is 5. The number of nitrogens with zero attached hydrogens (tertiary/aromatic N) is 2. The standard InChI is InChI=1S/C29H30F2N2O3/c1-18-7-4-5-8-21(18)22-9-6-10-23(19(22)2)27-32-24-13-20(15-33-12-11-29(3,16-33)17-34)25(36-28(30)31)14-26(24)35-27/h4-10,13-14,28,34H,11-12,15-17H2,1-3H3. The normalized spacial score (nSPS) is 18.4. The zero-order valence-corrected chi connectivity index (χ0v) is 20.7. The van der Waals surface area contributed by atoms with E-state index in [1.807, 2.05) is 38.1 Å². The third kappa shape index (κ3) is 4.73. The second-order valence-electron chi connectivity index (χ2n) is 10.0. The smallest absolute Gasteiger partial charge is 0.387 e. The molecule has 0 amide bonds. The average Bonchev–Trinajstić information content (AvgIpc) is 3.43. The zero-order chi connectivity index (χ0) is 25.4. The summed E-state index contributed by atoms with van der Waals surface area (Å²) in [5, 5.41) is 9.69. The molecule has 1 aliphatic heterocycles. The zero-order valence-electron chi connectivity index (χ0n) is 20.7. The number of alkyl halides is 2. The van der Waals surface area contributed by atoms with Crippen molar-refractivity contribution >= 4 is 11.1 Å². The van der Waals surface area contributed by atoms with E-state index in [4.69, 9.17) is 14.1 Å². The Labute approximate surface area is 209 Å². The molecule has 7 heteroatoms. The van der Waals surface area contributed by atoms with Crippen molar-refractivity contribution in [2.75, 3.05) is 19.7 Å². The lowest BCUT2D eigenvalue weighted by Gasteiger charge is -2.22. The molecule has 188 valence electrons. The maximum absolute atomic E-state index is 13.2. The van der Waals surface area contributed by atoms with E-state index in [0.717, 1.165) is 35.2 Å². The second kappa shape index (κ2) is 9.64. The summed E-state index contributed by atoms with van der Waals surface area (Å²) in [6.07, 6.45) is 0.849. The van der Waals surface area contributed by atoms with Crippen LogP contribution in [-0.2, 0) is 6.54 Å². The topological polar surface area (TPSA) is 58.7 Å². The summed E-state index contributed by atoms with van der Waals surface area (Å²) in [6.45, 7) is 5.18. The van der Waals surface area contributed by atoms with Crippen molar-refractivity contribution < 1.29 is 23.0 Å². The molecule has 1 aliphatic rings. The van der Waals surface area contributed by atoms with Crippen LogP contribution in [0.1, 0.15) is 30.0 Å². The van der Waals surface area contributed by atoms with Gasteiger partial charge >= 0.3 is 6.61 Å². The monoisotopic (exact) mass is 492 g/mol. The molecule has 1 fully saturated rings. The fraction of sp³-hybridized carbons (Fsp3) is 0.345. The molecule has 36 heavy (non-hydrogen) atoms. The highest BCUT2D eigenvalue weighted by Gasteiger charge is 2.33. The molecular weight excluding hydrogens is 462 g/mol. The minimum atomic E-state index is -2.95. The molecule has 1 unspecified atom stereocenters. The first-order valence-corrected chi connectivity index (χ1v) is 12.1. The predicted molar refractivity (Wildman–Crippen MR) is 136 cm³/mol. The molecule has 1 saturated heterocycles. The van der Waals surface area contributed by atoms with Crippen molar-refractivity contribution in [3.63, 3.8) is 0 Å². The van der Waals surface area contributed by atoms with Gasteiger partial charge < -0.3 is 14.3 Å². The number of halogens is 2. The predicted octanol–water partition coefficient (Wildman–Crippen LogP) is 6.58. The van der Waals surface area contributed by atoms with Crippen LogP contribution < -0.4 is 4.74 Å². The van der Waals surface area contributed by atoms with Crippen LogP contribution in [0.5, 0.6) is 5.75 Å². The number of likely N-dealkylation sites (tertiary alicyclic amines) is 1. The number of rotatable bonds is 7. The number of aliphatic hydroxyl groups excluding tert-OH is 1. The molecular formula is C29H30F2N2O3. The molecule has 2 heterocycles. The van der Waals surface area contributed by atoms with Gasteiger partial charge in [-0.2, -0.15) is 8.78 Å². The maximum atomic E-state index is 13.2. The van der Waals surface area contributed by atoms with Gasteiger partial charge in [0.05, 0.1) is 0 Å². The van der Waals surface area contributed by atoms with Crippen molar-refractivity contribution in [1.82, 2.24) is 9.88 Å². The molecule has 0 radical (unpaired) electrons. The Bertz CT molecular complexity index is 1400. The fourth-order valence-electron chi connectivity index (χ4n) is 5.11. The van der Waals surface area contributed by atoms with Crippen molar-refractivity contribution in [3.8, 4) is 28.3 Å². The number of benzene rings is 3. The Morgan fingerprint density at radius 1 is 1.08 bits per heavy atom. The highest BCUT2D eigenvalue weighted by Crippen LogP contribution is 2.37. The average molecular weight is 493 g/mol. The SMILES string of the molecule is Cc1ccccc1-c1cccc(-c2nc3cc(CN4CCC(C)(CO)C4)c(OC(F)F)cc3o2)c1C. The third-order valence-corrected chi connectivity index (χ3v) is 7.20. The summed E-state index contributed by atoms with van der Waals surface area (Å²) in [4.78, 5) is 6.88. The minimum absolute atomic E-state index is 0.0863. The molecule has 5 nitrogen and oxygen atoms in total. The number of aromatic nitrogens is 1. The molecule has 3 aromatic carbocycles. The van der Waals surface area contributed by atoms with Crippen LogP contribution in [0, 0.1) is 19.3 Å². The molecule has 0 spiro atoms. The van der Waals surface area contributed by atoms with E-state index in [-0.39, 0.29) is 17.8 Å². The van der Waals surface area contributed by atoms with Gasteiger partial charge in [0.1, 0.15) is 11.3 Å². The summed E-state index contributed by atoms with van der Waals surface area (Å²) in [5.74, 6) is 0.523. The van der Waals surface area contributed by atoms with Gasteiger partial charge in [0.25, 0.3) is 0 Å². The molecule has 1 aromatic heterocycles. The Morgan fingerprint density at radius 2 is 1.83 bits per heavy atom. The van der Waals surface area contributed by atoms with Gasteiger partial charge in [0.15, 0.2) is 5.58 Å². The van der Waals surface area contributed by atoms with Gasteiger partial charge in [0.2, 0.25) is 5.89 Å². The largest absolute Gasteiger partial charge is 0.436 e.